The second kappa shape index (κ2) is 9.55. The molecule has 2 heterocycles. The number of halogens is 1. The molecule has 2 aliphatic rings. The lowest BCUT2D eigenvalue weighted by atomic mass is 9.99. The number of hydrogen-bond acceptors (Lipinski definition) is 5. The fourth-order valence-electron chi connectivity index (χ4n) is 4.31. The van der Waals surface area contributed by atoms with E-state index in [0.717, 1.165) is 23.5 Å². The molecule has 1 saturated carbocycles. The molecule has 28 heavy (non-hydrogen) atoms. The molecule has 1 N–H and O–H groups in total. The van der Waals surface area contributed by atoms with Crippen LogP contribution in [-0.4, -0.2) is 71.2 Å². The standard InChI is InChI=1S/C21H32BrN3O3/c1-14-10-25(15(2)13-26)21(27)18-8-17(22)9-23-20(18)28-19(14)12-24(3)11-16-6-4-5-7-16/h8-9,14-16,19,26H,4-7,10-13H2,1-3H3/t14-,15-,19+/m0/s1. The number of nitrogens with zero attached hydrogens (tertiary/aromatic N) is 3. The maximum atomic E-state index is 13.1. The highest BCUT2D eigenvalue weighted by atomic mass is 79.9. The highest BCUT2D eigenvalue weighted by Gasteiger charge is 2.34. The molecule has 156 valence electrons. The Balaban J connectivity index is 1.82. The van der Waals surface area contributed by atoms with Crippen LogP contribution in [0.2, 0.25) is 0 Å². The minimum Gasteiger partial charge on any atom is -0.472 e. The number of amides is 1. The third-order valence-corrected chi connectivity index (χ3v) is 6.46. The van der Waals surface area contributed by atoms with Gasteiger partial charge in [-0.25, -0.2) is 4.98 Å². The van der Waals surface area contributed by atoms with Crippen molar-refractivity contribution in [2.45, 2.75) is 51.7 Å². The zero-order chi connectivity index (χ0) is 20.3. The van der Waals surface area contributed by atoms with Crippen LogP contribution >= 0.6 is 15.9 Å². The van der Waals surface area contributed by atoms with E-state index in [4.69, 9.17) is 4.74 Å². The molecule has 0 bridgehead atoms. The molecule has 7 heteroatoms. The third-order valence-electron chi connectivity index (χ3n) is 6.02. The summed E-state index contributed by atoms with van der Waals surface area (Å²) in [5.41, 5.74) is 0.449. The zero-order valence-electron chi connectivity index (χ0n) is 17.1. The average Bonchev–Trinajstić information content (AvgIpc) is 3.17. The van der Waals surface area contributed by atoms with E-state index >= 15 is 0 Å². The number of aliphatic hydroxyl groups is 1. The number of hydrogen-bond donors (Lipinski definition) is 1. The molecule has 0 spiro atoms. The summed E-state index contributed by atoms with van der Waals surface area (Å²) in [7, 11) is 2.16. The third kappa shape index (κ3) is 5.05. The zero-order valence-corrected chi connectivity index (χ0v) is 18.7. The molecule has 0 saturated heterocycles. The van der Waals surface area contributed by atoms with Gasteiger partial charge < -0.3 is 19.6 Å². The van der Waals surface area contributed by atoms with Crippen LogP contribution < -0.4 is 4.74 Å². The molecule has 0 aromatic carbocycles. The molecule has 0 unspecified atom stereocenters. The Morgan fingerprint density at radius 3 is 2.79 bits per heavy atom. The molecule has 1 aliphatic carbocycles. The molecule has 3 atom stereocenters. The van der Waals surface area contributed by atoms with Gasteiger partial charge in [-0.2, -0.15) is 0 Å². The quantitative estimate of drug-likeness (QED) is 0.716. The van der Waals surface area contributed by atoms with E-state index < -0.39 is 0 Å². The van der Waals surface area contributed by atoms with Crippen molar-refractivity contribution < 1.29 is 14.6 Å². The first-order valence-electron chi connectivity index (χ1n) is 10.3. The first-order valence-corrected chi connectivity index (χ1v) is 11.1. The largest absolute Gasteiger partial charge is 0.472 e. The van der Waals surface area contributed by atoms with Gasteiger partial charge in [0.1, 0.15) is 11.7 Å². The number of pyridine rings is 1. The van der Waals surface area contributed by atoms with Gasteiger partial charge in [-0.15, -0.1) is 0 Å². The van der Waals surface area contributed by atoms with Crippen molar-refractivity contribution in [1.82, 2.24) is 14.8 Å². The number of likely N-dealkylation sites (N-methyl/N-ethyl adjacent to an activating group) is 1. The predicted molar refractivity (Wildman–Crippen MR) is 113 cm³/mol. The normalized spacial score (nSPS) is 24.6. The van der Waals surface area contributed by atoms with Gasteiger partial charge in [0.25, 0.3) is 5.91 Å². The molecule has 6 nitrogen and oxygen atoms in total. The van der Waals surface area contributed by atoms with Crippen LogP contribution in [0.25, 0.3) is 0 Å². The summed E-state index contributed by atoms with van der Waals surface area (Å²) in [6, 6.07) is 1.51. The Bertz CT molecular complexity index is 681. The maximum absolute atomic E-state index is 13.1. The van der Waals surface area contributed by atoms with Gasteiger partial charge in [0, 0.05) is 36.2 Å². The summed E-state index contributed by atoms with van der Waals surface area (Å²) in [5.74, 6) is 1.15. The predicted octanol–water partition coefficient (Wildman–Crippen LogP) is 3.19. The van der Waals surface area contributed by atoms with Crippen LogP contribution in [0, 0.1) is 11.8 Å². The Labute approximate surface area is 176 Å². The molecule has 1 aliphatic heterocycles. The Kier molecular flexibility index (Phi) is 7.34. The number of carbonyl (C=O) groups excluding carboxylic acids is 1. The highest BCUT2D eigenvalue weighted by Crippen LogP contribution is 2.29. The van der Waals surface area contributed by atoms with E-state index in [2.05, 4.69) is 39.8 Å². The van der Waals surface area contributed by atoms with Crippen molar-refractivity contribution in [3.05, 3.63) is 22.3 Å². The van der Waals surface area contributed by atoms with Gasteiger partial charge >= 0.3 is 0 Å². The molecule has 0 radical (unpaired) electrons. The van der Waals surface area contributed by atoms with Crippen LogP contribution in [0.15, 0.2) is 16.7 Å². The molecule has 3 rings (SSSR count). The van der Waals surface area contributed by atoms with Crippen molar-refractivity contribution in [3.63, 3.8) is 0 Å². The van der Waals surface area contributed by atoms with E-state index in [0.29, 0.717) is 18.0 Å². The fraction of sp³-hybridized carbons (Fsp3) is 0.714. The number of rotatable bonds is 6. The van der Waals surface area contributed by atoms with Crippen LogP contribution in [0.5, 0.6) is 5.88 Å². The number of aromatic nitrogens is 1. The maximum Gasteiger partial charge on any atom is 0.259 e. The van der Waals surface area contributed by atoms with Gasteiger partial charge in [0.2, 0.25) is 5.88 Å². The Morgan fingerprint density at radius 2 is 2.11 bits per heavy atom. The number of carbonyl (C=O) groups is 1. The second-order valence-electron chi connectivity index (χ2n) is 8.50. The van der Waals surface area contributed by atoms with Crippen LogP contribution in [0.4, 0.5) is 0 Å². The summed E-state index contributed by atoms with van der Waals surface area (Å²) < 4.78 is 7.03. The average molecular weight is 454 g/mol. The molecule has 1 amide bonds. The smallest absolute Gasteiger partial charge is 0.259 e. The summed E-state index contributed by atoms with van der Waals surface area (Å²) in [6.07, 6.45) is 6.92. The van der Waals surface area contributed by atoms with Gasteiger partial charge in [-0.1, -0.05) is 19.8 Å². The van der Waals surface area contributed by atoms with E-state index in [1.165, 1.54) is 25.7 Å². The van der Waals surface area contributed by atoms with Gasteiger partial charge in [-0.05, 0) is 54.7 Å². The minimum absolute atomic E-state index is 0.0671. The highest BCUT2D eigenvalue weighted by molar-refractivity contribution is 9.10. The summed E-state index contributed by atoms with van der Waals surface area (Å²) in [5, 5.41) is 9.67. The molecular formula is C21H32BrN3O3. The van der Waals surface area contributed by atoms with Gasteiger partial charge in [0.05, 0.1) is 12.6 Å². The van der Waals surface area contributed by atoms with Crippen LogP contribution in [-0.2, 0) is 0 Å². The molecule has 1 aromatic heterocycles. The SMILES string of the molecule is C[C@H]1CN([C@@H](C)CO)C(=O)c2cc(Br)cnc2O[C@@H]1CN(C)CC1CCCC1. The number of aliphatic hydroxyl groups excluding tert-OH is 1. The van der Waals surface area contributed by atoms with Crippen molar-refractivity contribution >= 4 is 21.8 Å². The molecule has 1 aromatic rings. The second-order valence-corrected chi connectivity index (χ2v) is 9.42. The molecular weight excluding hydrogens is 422 g/mol. The van der Waals surface area contributed by atoms with Gasteiger partial charge in [0.15, 0.2) is 0 Å². The first-order chi connectivity index (χ1) is 13.4. The van der Waals surface area contributed by atoms with E-state index in [1.54, 1.807) is 17.2 Å². The number of fused-ring (bicyclic) bond motifs is 1. The Hall–Kier alpha value is -1.18. The van der Waals surface area contributed by atoms with Crippen LogP contribution in [0.1, 0.15) is 49.9 Å². The van der Waals surface area contributed by atoms with E-state index in [-0.39, 0.29) is 30.6 Å². The lowest BCUT2D eigenvalue weighted by Crippen LogP contribution is -2.50. The van der Waals surface area contributed by atoms with E-state index in [1.807, 2.05) is 6.92 Å². The summed E-state index contributed by atoms with van der Waals surface area (Å²) in [6.45, 7) is 6.35. The Morgan fingerprint density at radius 1 is 1.39 bits per heavy atom. The van der Waals surface area contributed by atoms with Crippen molar-refractivity contribution in [1.29, 1.82) is 0 Å². The lowest BCUT2D eigenvalue weighted by molar-refractivity contribution is 0.0319. The van der Waals surface area contributed by atoms with Crippen LogP contribution in [0.3, 0.4) is 0 Å². The van der Waals surface area contributed by atoms with Crippen molar-refractivity contribution in [2.24, 2.45) is 11.8 Å². The van der Waals surface area contributed by atoms with Crippen molar-refractivity contribution in [2.75, 3.05) is 33.3 Å². The summed E-state index contributed by atoms with van der Waals surface area (Å²) in [4.78, 5) is 21.6. The van der Waals surface area contributed by atoms with E-state index in [9.17, 15) is 9.90 Å². The monoisotopic (exact) mass is 453 g/mol. The number of ether oxygens (including phenoxy) is 1. The lowest BCUT2D eigenvalue weighted by Gasteiger charge is -2.38. The fourth-order valence-corrected chi connectivity index (χ4v) is 4.64. The first kappa shape index (κ1) is 21.5. The topological polar surface area (TPSA) is 65.9 Å². The minimum atomic E-state index is -0.253. The van der Waals surface area contributed by atoms with Gasteiger partial charge in [-0.3, -0.25) is 4.79 Å². The van der Waals surface area contributed by atoms with Crippen molar-refractivity contribution in [3.8, 4) is 5.88 Å². The summed E-state index contributed by atoms with van der Waals surface area (Å²) >= 11 is 3.41. The molecule has 1 fully saturated rings.